The van der Waals surface area contributed by atoms with Crippen LogP contribution in [0.5, 0.6) is 0 Å². The van der Waals surface area contributed by atoms with Crippen molar-refractivity contribution in [2.75, 3.05) is 13.2 Å². The second kappa shape index (κ2) is 14.0. The summed E-state index contributed by atoms with van der Waals surface area (Å²) >= 11 is 0. The monoisotopic (exact) mass is 706 g/mol. The van der Waals surface area contributed by atoms with E-state index in [1.54, 1.807) is 0 Å². The van der Waals surface area contributed by atoms with Crippen molar-refractivity contribution < 1.29 is 75.3 Å². The van der Waals surface area contributed by atoms with Crippen LogP contribution in [-0.2, 0) is 9.47 Å². The van der Waals surface area contributed by atoms with E-state index < -0.39 is 93.3 Å². The van der Waals surface area contributed by atoms with Crippen LogP contribution in [0.4, 0.5) is 65.9 Å². The fourth-order valence-corrected chi connectivity index (χ4v) is 7.40. The molecule has 0 aromatic heterocycles. The summed E-state index contributed by atoms with van der Waals surface area (Å²) < 4.78 is 218. The second-order valence-corrected chi connectivity index (χ2v) is 13.1. The number of alkyl halides is 15. The first kappa shape index (κ1) is 41.0. The highest BCUT2D eigenvalue weighted by atomic mass is 19.4. The van der Waals surface area contributed by atoms with Crippen LogP contribution >= 0.6 is 0 Å². The summed E-state index contributed by atoms with van der Waals surface area (Å²) in [6.45, 7) is -3.61. The van der Waals surface area contributed by atoms with Gasteiger partial charge in [0.15, 0.2) is 0 Å². The quantitative estimate of drug-likeness (QED) is 0.178. The highest BCUT2D eigenvalue weighted by molar-refractivity contribution is 5.08. The van der Waals surface area contributed by atoms with Gasteiger partial charge >= 0.3 is 24.1 Å². The molecule has 2 saturated carbocycles. The minimum atomic E-state index is -6.81. The molecule has 0 aliphatic heterocycles. The average molecular weight is 707 g/mol. The molecule has 2 aliphatic carbocycles. The molecule has 46 heavy (non-hydrogen) atoms. The molecule has 0 aromatic rings. The summed E-state index contributed by atoms with van der Waals surface area (Å²) in [4.78, 5) is 0. The van der Waals surface area contributed by atoms with E-state index >= 15 is 0 Å². The SMILES string of the molecule is CCCC1CCC(C2CCC(C(COC(C(C)(F)F)(C(C)(F)F)C(F)(F)F)COC(C(C)(F)F)(C(F)(F)F)C(F)(F)F)CC2)CC1. The van der Waals surface area contributed by atoms with Crippen LogP contribution in [0.2, 0.25) is 0 Å². The summed E-state index contributed by atoms with van der Waals surface area (Å²) in [5.41, 5.74) is -11.7. The lowest BCUT2D eigenvalue weighted by atomic mass is 9.67. The Morgan fingerprint density at radius 1 is 0.500 bits per heavy atom. The number of hydrogen-bond acceptors (Lipinski definition) is 2. The largest absolute Gasteiger partial charge is 0.432 e. The number of hydrogen-bond donors (Lipinski definition) is 0. The molecule has 2 aliphatic rings. The molecule has 0 saturated heterocycles. The summed E-state index contributed by atoms with van der Waals surface area (Å²) in [5, 5.41) is 0. The molecule has 2 rings (SSSR count). The van der Waals surface area contributed by atoms with E-state index in [4.69, 9.17) is 0 Å². The highest BCUT2D eigenvalue weighted by Gasteiger charge is 2.83. The smallest absolute Gasteiger partial charge is 0.355 e. The fraction of sp³-hybridized carbons (Fsp3) is 1.00. The Hall–Kier alpha value is -1.13. The summed E-state index contributed by atoms with van der Waals surface area (Å²) in [7, 11) is 0. The molecule has 1 unspecified atom stereocenters. The van der Waals surface area contributed by atoms with Crippen LogP contribution < -0.4 is 0 Å². The van der Waals surface area contributed by atoms with Crippen LogP contribution in [0, 0.1) is 29.6 Å². The Kier molecular flexibility index (Phi) is 12.5. The molecule has 17 heteroatoms. The van der Waals surface area contributed by atoms with Crippen LogP contribution in [-0.4, -0.2) is 60.7 Å². The van der Waals surface area contributed by atoms with E-state index in [2.05, 4.69) is 9.47 Å². The number of rotatable bonds is 13. The lowest BCUT2D eigenvalue weighted by molar-refractivity contribution is -0.434. The molecule has 0 radical (unpaired) electrons. The van der Waals surface area contributed by atoms with Gasteiger partial charge in [-0.3, -0.25) is 0 Å². The topological polar surface area (TPSA) is 18.5 Å². The molecule has 274 valence electrons. The molecule has 2 nitrogen and oxygen atoms in total. The fourth-order valence-electron chi connectivity index (χ4n) is 7.40. The van der Waals surface area contributed by atoms with Gasteiger partial charge in [-0.05, 0) is 62.2 Å². The lowest BCUT2D eigenvalue weighted by Gasteiger charge is -2.46. The highest BCUT2D eigenvalue weighted by Crippen LogP contribution is 2.56. The van der Waals surface area contributed by atoms with E-state index in [1.165, 1.54) is 0 Å². The van der Waals surface area contributed by atoms with Crippen molar-refractivity contribution in [1.29, 1.82) is 0 Å². The maximum Gasteiger partial charge on any atom is 0.432 e. The predicted molar refractivity (Wildman–Crippen MR) is 137 cm³/mol. The van der Waals surface area contributed by atoms with Crippen molar-refractivity contribution in [2.45, 2.75) is 139 Å². The van der Waals surface area contributed by atoms with Crippen molar-refractivity contribution in [3.05, 3.63) is 0 Å². The third-order valence-electron chi connectivity index (χ3n) is 9.82. The second-order valence-electron chi connectivity index (χ2n) is 13.1. The summed E-state index contributed by atoms with van der Waals surface area (Å²) in [6.07, 6.45) is -14.1. The van der Waals surface area contributed by atoms with Crippen molar-refractivity contribution in [1.82, 2.24) is 0 Å². The van der Waals surface area contributed by atoms with E-state index in [0.29, 0.717) is 5.92 Å². The van der Waals surface area contributed by atoms with Crippen molar-refractivity contribution in [3.63, 3.8) is 0 Å². The Morgan fingerprint density at radius 3 is 1.13 bits per heavy atom. The Morgan fingerprint density at radius 2 is 0.826 bits per heavy atom. The van der Waals surface area contributed by atoms with Crippen LogP contribution in [0.1, 0.15) is 91.9 Å². The first-order valence-electron chi connectivity index (χ1n) is 15.2. The summed E-state index contributed by atoms with van der Waals surface area (Å²) in [6, 6.07) is 0. The zero-order chi connectivity index (χ0) is 35.8. The minimum Gasteiger partial charge on any atom is -0.355 e. The van der Waals surface area contributed by atoms with E-state index in [0.717, 1.165) is 38.5 Å². The Labute approximate surface area is 258 Å². The molecule has 2 fully saturated rings. The molecule has 0 bridgehead atoms. The van der Waals surface area contributed by atoms with Gasteiger partial charge in [0.25, 0.3) is 23.4 Å². The van der Waals surface area contributed by atoms with E-state index in [1.807, 2.05) is 6.92 Å². The van der Waals surface area contributed by atoms with Gasteiger partial charge < -0.3 is 9.47 Å². The average Bonchev–Trinajstić information content (AvgIpc) is 2.84. The third-order valence-corrected chi connectivity index (χ3v) is 9.82. The van der Waals surface area contributed by atoms with Crippen molar-refractivity contribution in [3.8, 4) is 0 Å². The molecule has 0 heterocycles. The van der Waals surface area contributed by atoms with Gasteiger partial charge in [-0.1, -0.05) is 32.6 Å². The minimum absolute atomic E-state index is 0.0277. The van der Waals surface area contributed by atoms with Crippen LogP contribution in [0.15, 0.2) is 0 Å². The third kappa shape index (κ3) is 8.18. The van der Waals surface area contributed by atoms with Crippen LogP contribution in [0.25, 0.3) is 0 Å². The molecule has 1 atom stereocenters. The lowest BCUT2D eigenvalue weighted by Crippen LogP contribution is -2.69. The molecule has 0 aromatic carbocycles. The van der Waals surface area contributed by atoms with Gasteiger partial charge in [0.2, 0.25) is 0 Å². The predicted octanol–water partition coefficient (Wildman–Crippen LogP) is 11.2. The molecule has 0 spiro atoms. The number of ether oxygens (including phenoxy) is 2. The first-order valence-corrected chi connectivity index (χ1v) is 15.2. The van der Waals surface area contributed by atoms with E-state index in [-0.39, 0.29) is 37.5 Å². The van der Waals surface area contributed by atoms with Crippen molar-refractivity contribution >= 4 is 0 Å². The normalized spacial score (nSPS) is 25.9. The van der Waals surface area contributed by atoms with Crippen LogP contribution in [0.3, 0.4) is 0 Å². The molecule has 0 amide bonds. The Balaban J connectivity index is 2.45. The van der Waals surface area contributed by atoms with Gasteiger partial charge in [0.05, 0.1) is 13.2 Å². The van der Waals surface area contributed by atoms with Gasteiger partial charge in [-0.2, -0.15) is 39.5 Å². The molecular weight excluding hydrogens is 665 g/mol. The maximum absolute atomic E-state index is 14.4. The molecule has 0 N–H and O–H groups in total. The standard InChI is InChI=1S/C29H41F15O2/c1-5-6-17-7-9-18(10-8-17)19-11-13-20(14-12-19)21(15-45-25(22(2,30)31,23(3,32)33)27(36,37)38)16-46-26(24(4,34)35,28(39,40)41)29(42,43)44/h17-21H,5-16H2,1-4H3. The number of halogens is 15. The van der Waals surface area contributed by atoms with E-state index in [9.17, 15) is 65.9 Å². The van der Waals surface area contributed by atoms with Crippen molar-refractivity contribution in [2.24, 2.45) is 29.6 Å². The van der Waals surface area contributed by atoms with Gasteiger partial charge in [-0.25, -0.2) is 26.3 Å². The summed E-state index contributed by atoms with van der Waals surface area (Å²) in [5.74, 6) is -18.9. The zero-order valence-electron chi connectivity index (χ0n) is 25.9. The first-order chi connectivity index (χ1) is 20.6. The molecular formula is C29H41F15O2. The maximum atomic E-state index is 14.4. The van der Waals surface area contributed by atoms with Gasteiger partial charge in [0.1, 0.15) is 0 Å². The zero-order valence-corrected chi connectivity index (χ0v) is 25.9. The van der Waals surface area contributed by atoms with Gasteiger partial charge in [0, 0.05) is 26.7 Å². The Bertz CT molecular complexity index is 815. The van der Waals surface area contributed by atoms with Gasteiger partial charge in [-0.15, -0.1) is 0 Å².